The summed E-state index contributed by atoms with van der Waals surface area (Å²) in [5.41, 5.74) is 1.05. The molecule has 3 rings (SSSR count). The Morgan fingerprint density at radius 2 is 2.05 bits per heavy atom. The molecule has 2 saturated heterocycles. The quantitative estimate of drug-likeness (QED) is 0.822. The summed E-state index contributed by atoms with van der Waals surface area (Å²) in [6, 6.07) is 7.19. The lowest BCUT2D eigenvalue weighted by Crippen LogP contribution is -2.62. The van der Waals surface area contributed by atoms with E-state index in [9.17, 15) is 9.59 Å². The van der Waals surface area contributed by atoms with Crippen molar-refractivity contribution in [3.05, 3.63) is 34.3 Å². The van der Waals surface area contributed by atoms with E-state index in [2.05, 4.69) is 15.9 Å². The summed E-state index contributed by atoms with van der Waals surface area (Å²) in [6.07, 6.45) is 1.72. The maximum atomic E-state index is 12.8. The maximum Gasteiger partial charge on any atom is 0.246 e. The first kappa shape index (κ1) is 14.6. The Morgan fingerprint density at radius 1 is 1.29 bits per heavy atom. The number of benzene rings is 1. The summed E-state index contributed by atoms with van der Waals surface area (Å²) in [5.74, 6) is 0.172. The van der Waals surface area contributed by atoms with E-state index in [-0.39, 0.29) is 29.9 Å². The Bertz CT molecular complexity index is 589. The van der Waals surface area contributed by atoms with Crippen molar-refractivity contribution in [1.29, 1.82) is 0 Å². The molecule has 1 aromatic carbocycles. The Hall–Kier alpha value is -1.36. The molecule has 4 nitrogen and oxygen atoms in total. The molecule has 21 heavy (non-hydrogen) atoms. The maximum absolute atomic E-state index is 12.8. The number of amides is 2. The lowest BCUT2D eigenvalue weighted by atomic mass is 9.99. The number of rotatable bonds is 2. The van der Waals surface area contributed by atoms with Gasteiger partial charge in [-0.05, 0) is 44.4 Å². The minimum atomic E-state index is -0.388. The molecule has 0 saturated carbocycles. The van der Waals surface area contributed by atoms with Gasteiger partial charge < -0.3 is 9.80 Å². The second kappa shape index (κ2) is 5.44. The highest BCUT2D eigenvalue weighted by molar-refractivity contribution is 9.10. The second-order valence-corrected chi connectivity index (χ2v) is 6.76. The molecule has 3 unspecified atom stereocenters. The van der Waals surface area contributed by atoms with Crippen LogP contribution in [-0.2, 0) is 9.59 Å². The van der Waals surface area contributed by atoms with Gasteiger partial charge >= 0.3 is 0 Å². The molecule has 0 aliphatic carbocycles. The van der Waals surface area contributed by atoms with Crippen LogP contribution in [0, 0.1) is 0 Å². The first-order valence-corrected chi connectivity index (χ1v) is 8.18. The number of carbonyl (C=O) groups excluding carboxylic acids is 2. The Morgan fingerprint density at radius 3 is 2.76 bits per heavy atom. The summed E-state index contributed by atoms with van der Waals surface area (Å²) in [6.45, 7) is 4.55. The largest absolute Gasteiger partial charge is 0.329 e. The summed E-state index contributed by atoms with van der Waals surface area (Å²) in [4.78, 5) is 28.8. The van der Waals surface area contributed by atoms with Gasteiger partial charge in [-0.3, -0.25) is 9.59 Å². The number of piperazine rings is 1. The van der Waals surface area contributed by atoms with Crippen LogP contribution in [0.1, 0.15) is 38.3 Å². The van der Waals surface area contributed by atoms with Gasteiger partial charge in [-0.25, -0.2) is 0 Å². The minimum absolute atomic E-state index is 0.0824. The smallest absolute Gasteiger partial charge is 0.246 e. The number of hydrogen-bond donors (Lipinski definition) is 0. The van der Waals surface area contributed by atoms with E-state index in [1.165, 1.54) is 0 Å². The molecule has 2 aliphatic heterocycles. The van der Waals surface area contributed by atoms with Crippen LogP contribution < -0.4 is 0 Å². The first-order valence-electron chi connectivity index (χ1n) is 7.39. The lowest BCUT2D eigenvalue weighted by Gasteiger charge is -2.44. The summed E-state index contributed by atoms with van der Waals surface area (Å²) in [7, 11) is 0. The average Bonchev–Trinajstić information content (AvgIpc) is 2.95. The van der Waals surface area contributed by atoms with Gasteiger partial charge in [0, 0.05) is 11.0 Å². The van der Waals surface area contributed by atoms with E-state index < -0.39 is 0 Å². The molecule has 0 aromatic heterocycles. The number of fused-ring (bicyclic) bond motifs is 1. The highest BCUT2D eigenvalue weighted by atomic mass is 79.9. The predicted molar refractivity (Wildman–Crippen MR) is 83.6 cm³/mol. The van der Waals surface area contributed by atoms with Crippen molar-refractivity contribution in [2.45, 2.75) is 44.8 Å². The van der Waals surface area contributed by atoms with Crippen molar-refractivity contribution < 1.29 is 9.59 Å². The fourth-order valence-corrected chi connectivity index (χ4v) is 3.88. The highest BCUT2D eigenvalue weighted by Gasteiger charge is 2.47. The fraction of sp³-hybridized carbons (Fsp3) is 0.500. The summed E-state index contributed by atoms with van der Waals surface area (Å²) < 4.78 is 0.984. The van der Waals surface area contributed by atoms with Crippen LogP contribution in [0.2, 0.25) is 0 Å². The molecule has 0 spiro atoms. The van der Waals surface area contributed by atoms with Gasteiger partial charge in [0.25, 0.3) is 0 Å². The van der Waals surface area contributed by atoms with E-state index in [0.29, 0.717) is 0 Å². The van der Waals surface area contributed by atoms with Gasteiger partial charge in [0.05, 0.1) is 6.04 Å². The zero-order valence-corrected chi connectivity index (χ0v) is 13.8. The van der Waals surface area contributed by atoms with Gasteiger partial charge in [-0.1, -0.05) is 28.1 Å². The van der Waals surface area contributed by atoms with Crippen molar-refractivity contribution in [3.8, 4) is 0 Å². The molecule has 3 atom stereocenters. The number of halogens is 1. The molecule has 2 aliphatic rings. The number of nitrogens with zero attached hydrogens (tertiary/aromatic N) is 2. The van der Waals surface area contributed by atoms with Crippen LogP contribution in [0.4, 0.5) is 0 Å². The third-order valence-corrected chi connectivity index (χ3v) is 5.09. The molecule has 0 bridgehead atoms. The van der Waals surface area contributed by atoms with Crippen molar-refractivity contribution in [2.24, 2.45) is 0 Å². The van der Waals surface area contributed by atoms with E-state index >= 15 is 0 Å². The van der Waals surface area contributed by atoms with Crippen LogP contribution in [0.25, 0.3) is 0 Å². The molecule has 1 aromatic rings. The summed E-state index contributed by atoms with van der Waals surface area (Å²) >= 11 is 3.46. The molecule has 2 heterocycles. The van der Waals surface area contributed by atoms with Crippen molar-refractivity contribution in [3.63, 3.8) is 0 Å². The van der Waals surface area contributed by atoms with E-state index in [0.717, 1.165) is 29.4 Å². The van der Waals surface area contributed by atoms with Gasteiger partial charge in [-0.15, -0.1) is 0 Å². The topological polar surface area (TPSA) is 40.6 Å². The highest BCUT2D eigenvalue weighted by Crippen LogP contribution is 2.33. The normalized spacial score (nSPS) is 27.0. The number of carbonyl (C=O) groups is 2. The van der Waals surface area contributed by atoms with E-state index in [4.69, 9.17) is 0 Å². The second-order valence-electron chi connectivity index (χ2n) is 5.84. The van der Waals surface area contributed by atoms with Crippen molar-refractivity contribution >= 4 is 27.7 Å². The Balaban J connectivity index is 1.93. The molecule has 5 heteroatoms. The zero-order valence-electron chi connectivity index (χ0n) is 12.3. The molecule has 2 amide bonds. The lowest BCUT2D eigenvalue weighted by molar-refractivity contribution is -0.161. The molecule has 2 fully saturated rings. The zero-order chi connectivity index (χ0) is 15.1. The third kappa shape index (κ3) is 2.37. The van der Waals surface area contributed by atoms with Crippen LogP contribution in [0.15, 0.2) is 28.7 Å². The monoisotopic (exact) mass is 350 g/mol. The van der Waals surface area contributed by atoms with E-state index in [1.54, 1.807) is 9.80 Å². The molecule has 0 N–H and O–H groups in total. The minimum Gasteiger partial charge on any atom is -0.329 e. The molecular formula is C16H19BrN2O2. The standard InChI is InChI=1S/C16H19BrN2O2/c1-10(12-5-3-6-13(17)9-12)19-11(2)15(20)18-8-4-7-14(18)16(19)21/h3,5-6,9-11,14H,4,7-8H2,1-2H3. The Labute approximate surface area is 133 Å². The SMILES string of the molecule is CC1C(=O)N2CCCC2C(=O)N1C(C)c1cccc(Br)c1. The van der Waals surface area contributed by atoms with Crippen molar-refractivity contribution in [2.75, 3.05) is 6.54 Å². The van der Waals surface area contributed by atoms with Crippen LogP contribution in [0.3, 0.4) is 0 Å². The van der Waals surface area contributed by atoms with Gasteiger partial charge in [0.15, 0.2) is 0 Å². The van der Waals surface area contributed by atoms with Crippen molar-refractivity contribution in [1.82, 2.24) is 9.80 Å². The number of hydrogen-bond acceptors (Lipinski definition) is 2. The third-order valence-electron chi connectivity index (χ3n) is 4.60. The first-order chi connectivity index (χ1) is 10.0. The summed E-state index contributed by atoms with van der Waals surface area (Å²) in [5, 5.41) is 0. The molecule has 0 radical (unpaired) electrons. The van der Waals surface area contributed by atoms with Crippen LogP contribution in [-0.4, -0.2) is 40.2 Å². The van der Waals surface area contributed by atoms with Crippen LogP contribution >= 0.6 is 15.9 Å². The molecule has 112 valence electrons. The van der Waals surface area contributed by atoms with Gasteiger partial charge in [0.1, 0.15) is 12.1 Å². The van der Waals surface area contributed by atoms with Gasteiger partial charge in [0.2, 0.25) is 11.8 Å². The van der Waals surface area contributed by atoms with E-state index in [1.807, 2.05) is 38.1 Å². The predicted octanol–water partition coefficient (Wildman–Crippen LogP) is 2.73. The fourth-order valence-electron chi connectivity index (χ4n) is 3.46. The molecular weight excluding hydrogens is 332 g/mol. The van der Waals surface area contributed by atoms with Gasteiger partial charge in [-0.2, -0.15) is 0 Å². The van der Waals surface area contributed by atoms with Crippen LogP contribution in [0.5, 0.6) is 0 Å². The Kier molecular flexibility index (Phi) is 3.78. The average molecular weight is 351 g/mol.